The van der Waals surface area contributed by atoms with Crippen molar-refractivity contribution in [1.29, 1.82) is 0 Å². The van der Waals surface area contributed by atoms with Crippen LogP contribution in [0.4, 0.5) is 5.82 Å². The maximum absolute atomic E-state index is 6.07. The molecule has 1 atom stereocenters. The molecular weight excluding hydrogens is 250 g/mol. The number of hydrogen-bond donors (Lipinski definition) is 2. The number of aryl methyl sites for hydroxylation is 2. The van der Waals surface area contributed by atoms with Crippen LogP contribution in [0.2, 0.25) is 0 Å². The van der Waals surface area contributed by atoms with Crippen LogP contribution in [0.1, 0.15) is 16.8 Å². The number of aromatic nitrogens is 1. The summed E-state index contributed by atoms with van der Waals surface area (Å²) in [6.45, 7) is 4.54. The van der Waals surface area contributed by atoms with E-state index in [-0.39, 0.29) is 6.10 Å². The van der Waals surface area contributed by atoms with Crippen molar-refractivity contribution < 1.29 is 4.74 Å². The first kappa shape index (κ1) is 12.9. The summed E-state index contributed by atoms with van der Waals surface area (Å²) >= 11 is 0. The van der Waals surface area contributed by atoms with Crippen LogP contribution in [0, 0.1) is 13.8 Å². The summed E-state index contributed by atoms with van der Waals surface area (Å²) in [7, 11) is 0. The maximum atomic E-state index is 6.07. The third-order valence-electron chi connectivity index (χ3n) is 3.66. The zero-order valence-electron chi connectivity index (χ0n) is 11.8. The van der Waals surface area contributed by atoms with Gasteiger partial charge in [-0.25, -0.2) is 4.98 Å². The molecule has 3 rings (SSSR count). The van der Waals surface area contributed by atoms with Crippen molar-refractivity contribution in [3.8, 4) is 16.9 Å². The average Bonchev–Trinajstić information content (AvgIpc) is 2.81. The quantitative estimate of drug-likeness (QED) is 0.876. The van der Waals surface area contributed by atoms with Gasteiger partial charge in [-0.3, -0.25) is 0 Å². The van der Waals surface area contributed by atoms with E-state index < -0.39 is 0 Å². The molecule has 0 saturated heterocycles. The Hall–Kier alpha value is -2.07. The highest BCUT2D eigenvalue weighted by Crippen LogP contribution is 2.41. The molecule has 1 aliphatic heterocycles. The van der Waals surface area contributed by atoms with Gasteiger partial charge in [0.2, 0.25) is 0 Å². The fourth-order valence-corrected chi connectivity index (χ4v) is 2.73. The zero-order chi connectivity index (χ0) is 14.3. The van der Waals surface area contributed by atoms with Gasteiger partial charge in [-0.05, 0) is 43.2 Å². The van der Waals surface area contributed by atoms with Crippen LogP contribution in [-0.4, -0.2) is 17.6 Å². The first-order valence-electron chi connectivity index (χ1n) is 6.82. The molecule has 0 fully saturated rings. The third-order valence-corrected chi connectivity index (χ3v) is 3.66. The smallest absolute Gasteiger partial charge is 0.131 e. The molecule has 0 amide bonds. The number of nitrogens with zero attached hydrogens (tertiary/aromatic N) is 1. The lowest BCUT2D eigenvalue weighted by atomic mass is 9.98. The molecule has 20 heavy (non-hydrogen) atoms. The van der Waals surface area contributed by atoms with Crippen molar-refractivity contribution in [3.63, 3.8) is 0 Å². The van der Waals surface area contributed by atoms with E-state index in [2.05, 4.69) is 24.0 Å². The largest absolute Gasteiger partial charge is 0.488 e. The number of ether oxygens (including phenoxy) is 1. The van der Waals surface area contributed by atoms with E-state index in [0.717, 1.165) is 29.0 Å². The summed E-state index contributed by atoms with van der Waals surface area (Å²) in [5.41, 5.74) is 17.1. The molecule has 1 aromatic carbocycles. The molecule has 0 aliphatic carbocycles. The summed E-state index contributed by atoms with van der Waals surface area (Å²) in [5, 5.41) is 0. The molecule has 0 spiro atoms. The number of nitrogens with two attached hydrogens (primary N) is 2. The molecule has 0 radical (unpaired) electrons. The number of pyridine rings is 1. The highest BCUT2D eigenvalue weighted by atomic mass is 16.5. The Labute approximate surface area is 118 Å². The van der Waals surface area contributed by atoms with Crippen LogP contribution in [0.15, 0.2) is 24.3 Å². The predicted octanol–water partition coefficient (Wildman–Crippen LogP) is 2.21. The highest BCUT2D eigenvalue weighted by molar-refractivity contribution is 5.80. The average molecular weight is 269 g/mol. The van der Waals surface area contributed by atoms with Crippen molar-refractivity contribution >= 4 is 5.82 Å². The van der Waals surface area contributed by atoms with Crippen LogP contribution in [0.5, 0.6) is 5.75 Å². The van der Waals surface area contributed by atoms with Gasteiger partial charge in [0, 0.05) is 29.8 Å². The molecule has 4 nitrogen and oxygen atoms in total. The molecule has 1 aromatic heterocycles. The summed E-state index contributed by atoms with van der Waals surface area (Å²) in [4.78, 5) is 4.34. The minimum Gasteiger partial charge on any atom is -0.488 e. The van der Waals surface area contributed by atoms with E-state index in [4.69, 9.17) is 16.2 Å². The number of rotatable bonds is 2. The molecule has 1 aliphatic rings. The molecule has 104 valence electrons. The third kappa shape index (κ3) is 2.12. The van der Waals surface area contributed by atoms with E-state index >= 15 is 0 Å². The van der Waals surface area contributed by atoms with Gasteiger partial charge in [0.25, 0.3) is 0 Å². The van der Waals surface area contributed by atoms with E-state index in [1.165, 1.54) is 11.1 Å². The Balaban J connectivity index is 2.15. The van der Waals surface area contributed by atoms with E-state index in [1.807, 2.05) is 19.1 Å². The second-order valence-electron chi connectivity index (χ2n) is 5.37. The van der Waals surface area contributed by atoms with Gasteiger partial charge in [0.05, 0.1) is 0 Å². The van der Waals surface area contributed by atoms with Crippen molar-refractivity contribution in [1.82, 2.24) is 4.98 Å². The highest BCUT2D eigenvalue weighted by Gasteiger charge is 2.26. The molecule has 2 aromatic rings. The lowest BCUT2D eigenvalue weighted by Crippen LogP contribution is -2.24. The molecule has 0 saturated carbocycles. The van der Waals surface area contributed by atoms with Gasteiger partial charge >= 0.3 is 0 Å². The maximum Gasteiger partial charge on any atom is 0.131 e. The number of hydrogen-bond acceptors (Lipinski definition) is 4. The van der Waals surface area contributed by atoms with Gasteiger partial charge < -0.3 is 16.2 Å². The Kier molecular flexibility index (Phi) is 3.10. The SMILES string of the molecule is Cc1cc2c(c(-c3ccc(C)nc3N)c1)OC(CN)C2. The van der Waals surface area contributed by atoms with Crippen LogP contribution in [0.3, 0.4) is 0 Å². The van der Waals surface area contributed by atoms with Crippen molar-refractivity contribution in [2.75, 3.05) is 12.3 Å². The molecule has 4 N–H and O–H groups in total. The minimum absolute atomic E-state index is 0.0604. The normalized spacial score (nSPS) is 16.9. The summed E-state index contributed by atoms with van der Waals surface area (Å²) in [6.07, 6.45) is 0.921. The Morgan fingerprint density at radius 2 is 2.05 bits per heavy atom. The van der Waals surface area contributed by atoms with E-state index in [1.54, 1.807) is 0 Å². The molecule has 1 unspecified atom stereocenters. The molecule has 0 bridgehead atoms. The van der Waals surface area contributed by atoms with Crippen molar-refractivity contribution in [3.05, 3.63) is 41.1 Å². The Morgan fingerprint density at radius 3 is 2.75 bits per heavy atom. The number of fused-ring (bicyclic) bond motifs is 1. The van der Waals surface area contributed by atoms with Gasteiger partial charge in [-0.2, -0.15) is 0 Å². The summed E-state index contributed by atoms with van der Waals surface area (Å²) in [6, 6.07) is 8.23. The van der Waals surface area contributed by atoms with Gasteiger partial charge in [-0.1, -0.05) is 6.07 Å². The van der Waals surface area contributed by atoms with Gasteiger partial charge in [-0.15, -0.1) is 0 Å². The first-order valence-corrected chi connectivity index (χ1v) is 6.82. The molecule has 4 heteroatoms. The first-order chi connectivity index (χ1) is 9.58. The van der Waals surface area contributed by atoms with Crippen molar-refractivity contribution in [2.24, 2.45) is 5.73 Å². The number of benzene rings is 1. The summed E-state index contributed by atoms with van der Waals surface area (Å²) in [5.74, 6) is 1.45. The van der Waals surface area contributed by atoms with Crippen LogP contribution in [0.25, 0.3) is 11.1 Å². The van der Waals surface area contributed by atoms with Crippen LogP contribution < -0.4 is 16.2 Å². The topological polar surface area (TPSA) is 74.2 Å². The second kappa shape index (κ2) is 4.80. The fraction of sp³-hybridized carbons (Fsp3) is 0.312. The number of nitrogen functional groups attached to an aromatic ring is 1. The molecule has 2 heterocycles. The summed E-state index contributed by atoms with van der Waals surface area (Å²) < 4.78 is 5.97. The lowest BCUT2D eigenvalue weighted by Gasteiger charge is -2.13. The van der Waals surface area contributed by atoms with Crippen molar-refractivity contribution in [2.45, 2.75) is 26.4 Å². The van der Waals surface area contributed by atoms with E-state index in [9.17, 15) is 0 Å². The monoisotopic (exact) mass is 269 g/mol. The standard InChI is InChI=1S/C16H19N3O/c1-9-5-11-7-12(8-17)20-15(11)14(6-9)13-4-3-10(2)19-16(13)18/h3-6,12H,7-8,17H2,1-2H3,(H2,18,19). The fourth-order valence-electron chi connectivity index (χ4n) is 2.73. The predicted molar refractivity (Wildman–Crippen MR) is 80.7 cm³/mol. The van der Waals surface area contributed by atoms with Crippen LogP contribution in [-0.2, 0) is 6.42 Å². The Morgan fingerprint density at radius 1 is 1.25 bits per heavy atom. The number of anilines is 1. The minimum atomic E-state index is 0.0604. The van der Waals surface area contributed by atoms with Gasteiger partial charge in [0.1, 0.15) is 17.7 Å². The Bertz CT molecular complexity index is 667. The van der Waals surface area contributed by atoms with E-state index in [0.29, 0.717) is 12.4 Å². The lowest BCUT2D eigenvalue weighted by molar-refractivity contribution is 0.242. The second-order valence-corrected chi connectivity index (χ2v) is 5.37. The van der Waals surface area contributed by atoms with Crippen LogP contribution >= 0.6 is 0 Å². The molecular formula is C16H19N3O. The van der Waals surface area contributed by atoms with Gasteiger partial charge in [0.15, 0.2) is 0 Å². The zero-order valence-corrected chi connectivity index (χ0v) is 11.8.